The zero-order chi connectivity index (χ0) is 9.59. The molecule has 0 atom stereocenters. The highest BCUT2D eigenvalue weighted by Gasteiger charge is 2.11. The second-order valence-corrected chi connectivity index (χ2v) is 3.82. The van der Waals surface area contributed by atoms with Crippen molar-refractivity contribution in [1.82, 2.24) is 9.78 Å². The molecule has 0 saturated heterocycles. The van der Waals surface area contributed by atoms with Crippen molar-refractivity contribution in [1.29, 1.82) is 0 Å². The van der Waals surface area contributed by atoms with Crippen LogP contribution < -0.4 is 0 Å². The van der Waals surface area contributed by atoms with Crippen LogP contribution in [0.4, 0.5) is 4.39 Å². The molecular weight excluding hydrogens is 235 g/mol. The van der Waals surface area contributed by atoms with Crippen LogP contribution in [0.25, 0.3) is 10.9 Å². The average Bonchev–Trinajstić information content (AvgIpc) is 2.35. The third kappa shape index (κ3) is 1.16. The number of hydrogen-bond donors (Lipinski definition) is 0. The molecule has 13 heavy (non-hydrogen) atoms. The summed E-state index contributed by atoms with van der Waals surface area (Å²) >= 11 is 3.15. The fourth-order valence-electron chi connectivity index (χ4n) is 1.48. The average molecular weight is 243 g/mol. The van der Waals surface area contributed by atoms with Gasteiger partial charge >= 0.3 is 0 Å². The third-order valence-corrected chi connectivity index (χ3v) is 2.70. The van der Waals surface area contributed by atoms with Gasteiger partial charge in [0.25, 0.3) is 0 Å². The lowest BCUT2D eigenvalue weighted by Gasteiger charge is -1.97. The Kier molecular flexibility index (Phi) is 1.87. The SMILES string of the molecule is Cc1nn(C)c2ccc(Br)c(F)c12. The first-order valence-electron chi connectivity index (χ1n) is 3.88. The number of nitrogens with zero attached hydrogens (tertiary/aromatic N) is 2. The van der Waals surface area contributed by atoms with Gasteiger partial charge in [0.1, 0.15) is 5.82 Å². The minimum Gasteiger partial charge on any atom is -0.268 e. The van der Waals surface area contributed by atoms with E-state index in [0.29, 0.717) is 9.86 Å². The molecule has 0 aliphatic rings. The molecule has 0 fully saturated rings. The van der Waals surface area contributed by atoms with Crippen molar-refractivity contribution in [2.75, 3.05) is 0 Å². The van der Waals surface area contributed by atoms with Crippen LogP contribution in [-0.4, -0.2) is 9.78 Å². The minimum absolute atomic E-state index is 0.233. The smallest absolute Gasteiger partial charge is 0.148 e. The standard InChI is InChI=1S/C9H8BrFN2/c1-5-8-7(13(2)12-5)4-3-6(10)9(8)11/h3-4H,1-2H3. The van der Waals surface area contributed by atoms with Gasteiger partial charge in [-0.25, -0.2) is 4.39 Å². The number of hydrogen-bond acceptors (Lipinski definition) is 1. The van der Waals surface area contributed by atoms with Crippen molar-refractivity contribution in [3.05, 3.63) is 28.1 Å². The molecule has 1 aromatic heterocycles. The van der Waals surface area contributed by atoms with Gasteiger partial charge in [0.05, 0.1) is 21.1 Å². The maximum Gasteiger partial charge on any atom is 0.148 e. The molecule has 0 bridgehead atoms. The van der Waals surface area contributed by atoms with Crippen molar-refractivity contribution in [3.8, 4) is 0 Å². The van der Waals surface area contributed by atoms with Gasteiger partial charge in [-0.1, -0.05) is 0 Å². The highest BCUT2D eigenvalue weighted by Crippen LogP contribution is 2.26. The van der Waals surface area contributed by atoms with Crippen LogP contribution in [0.5, 0.6) is 0 Å². The van der Waals surface area contributed by atoms with Crippen LogP contribution in [0, 0.1) is 12.7 Å². The number of aryl methyl sites for hydroxylation is 2. The number of halogens is 2. The van der Waals surface area contributed by atoms with E-state index in [1.807, 2.05) is 13.1 Å². The summed E-state index contributed by atoms with van der Waals surface area (Å²) in [7, 11) is 1.81. The molecule has 1 aromatic carbocycles. The van der Waals surface area contributed by atoms with Crippen LogP contribution >= 0.6 is 15.9 Å². The number of benzene rings is 1. The largest absolute Gasteiger partial charge is 0.268 e. The van der Waals surface area contributed by atoms with Crippen molar-refractivity contribution in [2.24, 2.45) is 7.05 Å². The fraction of sp³-hybridized carbons (Fsp3) is 0.222. The summed E-state index contributed by atoms with van der Waals surface area (Å²) in [5.74, 6) is -0.233. The molecule has 2 rings (SSSR count). The maximum absolute atomic E-state index is 13.6. The van der Waals surface area contributed by atoms with E-state index in [9.17, 15) is 4.39 Å². The summed E-state index contributed by atoms with van der Waals surface area (Å²) in [6, 6.07) is 3.54. The van der Waals surface area contributed by atoms with E-state index >= 15 is 0 Å². The van der Waals surface area contributed by atoms with Gasteiger partial charge < -0.3 is 0 Å². The Labute approximate surface area is 83.5 Å². The Morgan fingerprint density at radius 1 is 1.46 bits per heavy atom. The molecule has 2 aromatic rings. The van der Waals surface area contributed by atoms with Crippen molar-refractivity contribution >= 4 is 26.8 Å². The molecule has 0 unspecified atom stereocenters. The van der Waals surface area contributed by atoms with Crippen LogP contribution in [0.2, 0.25) is 0 Å². The molecule has 0 amide bonds. The second kappa shape index (κ2) is 2.80. The summed E-state index contributed by atoms with van der Waals surface area (Å²) in [5.41, 5.74) is 1.54. The maximum atomic E-state index is 13.6. The number of fused-ring (bicyclic) bond motifs is 1. The molecule has 0 radical (unpaired) electrons. The Hall–Kier alpha value is -0.900. The quantitative estimate of drug-likeness (QED) is 0.695. The Balaban J connectivity index is 2.98. The van der Waals surface area contributed by atoms with E-state index in [1.165, 1.54) is 0 Å². The van der Waals surface area contributed by atoms with Gasteiger partial charge in [0, 0.05) is 7.05 Å². The van der Waals surface area contributed by atoms with Gasteiger partial charge in [0.2, 0.25) is 0 Å². The van der Waals surface area contributed by atoms with Gasteiger partial charge in [-0.2, -0.15) is 5.10 Å². The second-order valence-electron chi connectivity index (χ2n) is 2.96. The van der Waals surface area contributed by atoms with Gasteiger partial charge in [-0.3, -0.25) is 4.68 Å². The van der Waals surface area contributed by atoms with E-state index in [0.717, 1.165) is 11.2 Å². The Bertz CT molecular complexity index is 476. The first-order valence-corrected chi connectivity index (χ1v) is 4.68. The molecule has 2 nitrogen and oxygen atoms in total. The van der Waals surface area contributed by atoms with E-state index in [-0.39, 0.29) is 5.82 Å². The van der Waals surface area contributed by atoms with Gasteiger partial charge in [0.15, 0.2) is 0 Å². The fourth-order valence-corrected chi connectivity index (χ4v) is 1.81. The lowest BCUT2D eigenvalue weighted by Crippen LogP contribution is -1.89. The lowest BCUT2D eigenvalue weighted by atomic mass is 10.2. The van der Waals surface area contributed by atoms with Crippen LogP contribution in [0.15, 0.2) is 16.6 Å². The van der Waals surface area contributed by atoms with Crippen LogP contribution in [0.3, 0.4) is 0 Å². The molecule has 4 heteroatoms. The minimum atomic E-state index is -0.233. The van der Waals surface area contributed by atoms with Crippen molar-refractivity contribution in [3.63, 3.8) is 0 Å². The topological polar surface area (TPSA) is 17.8 Å². The first kappa shape index (κ1) is 8.69. The van der Waals surface area contributed by atoms with Crippen LogP contribution in [0.1, 0.15) is 5.69 Å². The van der Waals surface area contributed by atoms with Crippen LogP contribution in [-0.2, 0) is 7.05 Å². The Morgan fingerprint density at radius 3 is 2.85 bits per heavy atom. The monoisotopic (exact) mass is 242 g/mol. The van der Waals surface area contributed by atoms with E-state index in [1.54, 1.807) is 17.7 Å². The first-order chi connectivity index (χ1) is 6.11. The summed E-state index contributed by atoms with van der Waals surface area (Å²) in [4.78, 5) is 0. The summed E-state index contributed by atoms with van der Waals surface area (Å²) < 4.78 is 15.7. The molecule has 0 saturated carbocycles. The molecule has 1 heterocycles. The van der Waals surface area contributed by atoms with Crippen molar-refractivity contribution < 1.29 is 4.39 Å². The molecule has 68 valence electrons. The van der Waals surface area contributed by atoms with Gasteiger partial charge in [-0.15, -0.1) is 0 Å². The molecular formula is C9H8BrFN2. The Morgan fingerprint density at radius 2 is 2.15 bits per heavy atom. The van der Waals surface area contributed by atoms with Crippen molar-refractivity contribution in [2.45, 2.75) is 6.92 Å². The molecule has 0 aliphatic heterocycles. The summed E-state index contributed by atoms with van der Waals surface area (Å²) in [6.07, 6.45) is 0. The van der Waals surface area contributed by atoms with E-state index in [4.69, 9.17) is 0 Å². The van der Waals surface area contributed by atoms with Gasteiger partial charge in [-0.05, 0) is 35.0 Å². The zero-order valence-electron chi connectivity index (χ0n) is 7.31. The number of rotatable bonds is 0. The predicted octanol–water partition coefficient (Wildman–Crippen LogP) is 2.78. The summed E-state index contributed by atoms with van der Waals surface area (Å²) in [6.45, 7) is 1.80. The normalized spacial score (nSPS) is 11.1. The number of aromatic nitrogens is 2. The summed E-state index contributed by atoms with van der Waals surface area (Å²) in [5, 5.41) is 4.74. The third-order valence-electron chi connectivity index (χ3n) is 2.08. The molecule has 0 aliphatic carbocycles. The highest BCUT2D eigenvalue weighted by molar-refractivity contribution is 9.10. The highest BCUT2D eigenvalue weighted by atomic mass is 79.9. The lowest BCUT2D eigenvalue weighted by molar-refractivity contribution is 0.633. The predicted molar refractivity (Wildman–Crippen MR) is 53.1 cm³/mol. The van der Waals surface area contributed by atoms with E-state index < -0.39 is 0 Å². The molecule has 0 spiro atoms. The zero-order valence-corrected chi connectivity index (χ0v) is 8.89. The molecule has 0 N–H and O–H groups in total. The van der Waals surface area contributed by atoms with E-state index in [2.05, 4.69) is 21.0 Å².